The lowest BCUT2D eigenvalue weighted by molar-refractivity contribution is 0.290. The largest absolute Gasteiger partial charge is 0.598 e. The first-order valence-corrected chi connectivity index (χ1v) is 9.98. The van der Waals surface area contributed by atoms with Crippen LogP contribution in [0.1, 0.15) is 63.5 Å². The number of halogens is 1. The minimum atomic E-state index is -1.50. The zero-order valence-electron chi connectivity index (χ0n) is 16.1. The number of nitrogens with zero attached hydrogens (tertiary/aromatic N) is 2. The monoisotopic (exact) mass is 379 g/mol. The number of nitrogens with one attached hydrogen (secondary N) is 1. The van der Waals surface area contributed by atoms with Gasteiger partial charge in [-0.3, -0.25) is 9.36 Å². The van der Waals surface area contributed by atoms with Crippen LogP contribution in [0.4, 0.5) is 4.39 Å². The molecule has 1 heterocycles. The van der Waals surface area contributed by atoms with Crippen LogP contribution in [0.5, 0.6) is 0 Å². The highest BCUT2D eigenvalue weighted by atomic mass is 32.2. The predicted octanol–water partition coefficient (Wildman–Crippen LogP) is 3.31. The summed E-state index contributed by atoms with van der Waals surface area (Å²) >= 11 is -1.27. The smallest absolute Gasteiger partial charge is 0.261 e. The van der Waals surface area contributed by atoms with Gasteiger partial charge in [-0.25, -0.2) is 9.37 Å². The van der Waals surface area contributed by atoms with Gasteiger partial charge in [0.25, 0.3) is 5.56 Å². The van der Waals surface area contributed by atoms with Gasteiger partial charge in [0, 0.05) is 24.0 Å². The molecule has 142 valence electrons. The Morgan fingerprint density at radius 2 is 2.00 bits per heavy atom. The van der Waals surface area contributed by atoms with Gasteiger partial charge in [0.2, 0.25) is 0 Å². The average Bonchev–Trinajstić information content (AvgIpc) is 3.28. The quantitative estimate of drug-likeness (QED) is 0.828. The Hall–Kier alpha value is -1.44. The van der Waals surface area contributed by atoms with Crippen molar-refractivity contribution in [3.05, 3.63) is 39.4 Å². The Bertz CT molecular complexity index is 916. The molecule has 2 atom stereocenters. The molecular weight excluding hydrogens is 353 g/mol. The van der Waals surface area contributed by atoms with Crippen LogP contribution in [0.25, 0.3) is 10.9 Å². The Kier molecular flexibility index (Phi) is 4.70. The van der Waals surface area contributed by atoms with E-state index in [1.54, 1.807) is 13.1 Å². The Balaban J connectivity index is 2.16. The van der Waals surface area contributed by atoms with Crippen LogP contribution >= 0.6 is 0 Å². The first-order chi connectivity index (χ1) is 11.9. The minimum absolute atomic E-state index is 0.184. The molecular formula is C19H26FN3O2S. The van der Waals surface area contributed by atoms with Crippen molar-refractivity contribution in [1.29, 1.82) is 0 Å². The molecule has 1 aromatic heterocycles. The molecule has 26 heavy (non-hydrogen) atoms. The lowest BCUT2D eigenvalue weighted by Gasteiger charge is -2.27. The highest BCUT2D eigenvalue weighted by Crippen LogP contribution is 2.48. The first kappa shape index (κ1) is 19.3. The number of alkyl halides is 1. The van der Waals surface area contributed by atoms with Gasteiger partial charge in [-0.2, -0.15) is 0 Å². The number of aromatic nitrogens is 2. The van der Waals surface area contributed by atoms with Gasteiger partial charge in [0.15, 0.2) is 5.67 Å². The maximum atomic E-state index is 14.7. The molecule has 5 nitrogen and oxygen atoms in total. The van der Waals surface area contributed by atoms with E-state index in [4.69, 9.17) is 0 Å². The highest BCUT2D eigenvalue weighted by Gasteiger charge is 2.48. The molecule has 0 saturated heterocycles. The van der Waals surface area contributed by atoms with Crippen LogP contribution in [0.2, 0.25) is 0 Å². The fourth-order valence-electron chi connectivity index (χ4n) is 3.02. The SMILES string of the molecule is Cc1cc(C(C)N[S@+]([O-])C(C)(C)C)c2nc(C3(F)CC3)n(C)c(=O)c2c1. The van der Waals surface area contributed by atoms with Crippen LogP contribution in [-0.4, -0.2) is 18.9 Å². The Morgan fingerprint density at radius 3 is 2.54 bits per heavy atom. The molecule has 0 spiro atoms. The fourth-order valence-corrected chi connectivity index (χ4v) is 3.82. The van der Waals surface area contributed by atoms with Gasteiger partial charge in [0.1, 0.15) is 10.6 Å². The average molecular weight is 380 g/mol. The molecule has 1 aromatic carbocycles. The van der Waals surface area contributed by atoms with Gasteiger partial charge in [-0.15, -0.1) is 4.72 Å². The van der Waals surface area contributed by atoms with Crippen molar-refractivity contribution in [2.75, 3.05) is 0 Å². The van der Waals surface area contributed by atoms with Gasteiger partial charge < -0.3 is 4.55 Å². The summed E-state index contributed by atoms with van der Waals surface area (Å²) in [6, 6.07) is 3.41. The molecule has 0 radical (unpaired) electrons. The standard InChI is InChI=1S/C19H26FN3O2S/c1-11-9-13(12(2)22-26(25)18(3,4)5)15-14(10-11)16(24)23(6)17(21-15)19(20)7-8-19/h9-10,12,22H,7-8H2,1-6H3/t12?,26-/m1/s1. The van der Waals surface area contributed by atoms with Crippen LogP contribution < -0.4 is 10.3 Å². The third-order valence-corrected chi connectivity index (χ3v) is 6.43. The first-order valence-electron chi connectivity index (χ1n) is 8.83. The lowest BCUT2D eigenvalue weighted by Crippen LogP contribution is -2.40. The Labute approximate surface area is 156 Å². The number of benzene rings is 1. The summed E-state index contributed by atoms with van der Waals surface area (Å²) in [5, 5.41) is 0.464. The molecule has 1 fully saturated rings. The van der Waals surface area contributed by atoms with E-state index in [1.165, 1.54) is 4.57 Å². The van der Waals surface area contributed by atoms with Crippen molar-refractivity contribution < 1.29 is 8.94 Å². The molecule has 0 amide bonds. The zero-order valence-corrected chi connectivity index (χ0v) is 17.0. The third-order valence-electron chi connectivity index (χ3n) is 4.75. The molecule has 1 unspecified atom stereocenters. The molecule has 1 aliphatic rings. The maximum Gasteiger partial charge on any atom is 0.261 e. The predicted molar refractivity (Wildman–Crippen MR) is 103 cm³/mol. The van der Waals surface area contributed by atoms with E-state index in [9.17, 15) is 13.7 Å². The molecule has 1 saturated carbocycles. The van der Waals surface area contributed by atoms with Crippen molar-refractivity contribution in [2.24, 2.45) is 7.05 Å². The maximum absolute atomic E-state index is 14.7. The summed E-state index contributed by atoms with van der Waals surface area (Å²) in [6.45, 7) is 9.47. The van der Waals surface area contributed by atoms with E-state index in [0.29, 0.717) is 23.7 Å². The zero-order chi connectivity index (χ0) is 19.4. The molecule has 0 bridgehead atoms. The van der Waals surface area contributed by atoms with E-state index in [2.05, 4.69) is 9.71 Å². The fraction of sp³-hybridized carbons (Fsp3) is 0.579. The number of aryl methyl sites for hydroxylation is 1. The molecule has 3 rings (SSSR count). The summed E-state index contributed by atoms with van der Waals surface area (Å²) in [5.74, 6) is 0.184. The molecule has 0 aliphatic heterocycles. The van der Waals surface area contributed by atoms with E-state index < -0.39 is 21.8 Å². The summed E-state index contributed by atoms with van der Waals surface area (Å²) in [7, 11) is 1.57. The Morgan fingerprint density at radius 1 is 1.38 bits per heavy atom. The second kappa shape index (κ2) is 6.32. The van der Waals surface area contributed by atoms with Crippen molar-refractivity contribution in [1.82, 2.24) is 14.3 Å². The van der Waals surface area contributed by atoms with Crippen LogP contribution in [0.15, 0.2) is 16.9 Å². The summed E-state index contributed by atoms with van der Waals surface area (Å²) in [6.07, 6.45) is 0.781. The normalized spacial score (nSPS) is 18.8. The molecule has 2 aromatic rings. The third kappa shape index (κ3) is 3.40. The van der Waals surface area contributed by atoms with Crippen molar-refractivity contribution >= 4 is 22.3 Å². The van der Waals surface area contributed by atoms with Gasteiger partial charge >= 0.3 is 0 Å². The van der Waals surface area contributed by atoms with Crippen LogP contribution in [-0.2, 0) is 24.1 Å². The molecule has 1 aliphatic carbocycles. The van der Waals surface area contributed by atoms with E-state index in [1.807, 2.05) is 40.7 Å². The number of hydrogen-bond acceptors (Lipinski definition) is 4. The van der Waals surface area contributed by atoms with E-state index in [-0.39, 0.29) is 17.4 Å². The van der Waals surface area contributed by atoms with E-state index in [0.717, 1.165) is 11.1 Å². The van der Waals surface area contributed by atoms with Crippen LogP contribution in [0, 0.1) is 6.92 Å². The minimum Gasteiger partial charge on any atom is -0.598 e. The molecule has 7 heteroatoms. The molecule has 1 N–H and O–H groups in total. The summed E-state index contributed by atoms with van der Waals surface area (Å²) in [5.41, 5.74) is 0.415. The summed E-state index contributed by atoms with van der Waals surface area (Å²) < 4.78 is 31.2. The number of fused-ring (bicyclic) bond motifs is 1. The second-order valence-electron chi connectivity index (χ2n) is 8.24. The van der Waals surface area contributed by atoms with Gasteiger partial charge in [-0.1, -0.05) is 6.07 Å². The van der Waals surface area contributed by atoms with Crippen molar-refractivity contribution in [3.63, 3.8) is 0 Å². The van der Waals surface area contributed by atoms with Crippen molar-refractivity contribution in [3.8, 4) is 0 Å². The number of rotatable bonds is 4. The second-order valence-corrected chi connectivity index (χ2v) is 10.2. The van der Waals surface area contributed by atoms with Crippen LogP contribution in [0.3, 0.4) is 0 Å². The summed E-state index contributed by atoms with van der Waals surface area (Å²) in [4.78, 5) is 17.4. The van der Waals surface area contributed by atoms with Gasteiger partial charge in [-0.05, 0) is 59.1 Å². The topological polar surface area (TPSA) is 70.0 Å². The number of hydrogen-bond donors (Lipinski definition) is 1. The highest BCUT2D eigenvalue weighted by molar-refractivity contribution is 7.90. The van der Waals surface area contributed by atoms with Crippen molar-refractivity contribution in [2.45, 2.75) is 63.9 Å². The van der Waals surface area contributed by atoms with Gasteiger partial charge in [0.05, 0.1) is 16.9 Å². The van der Waals surface area contributed by atoms with E-state index >= 15 is 0 Å². The lowest BCUT2D eigenvalue weighted by atomic mass is 10.0.